The van der Waals surface area contributed by atoms with E-state index in [-0.39, 0.29) is 125 Å². The topological polar surface area (TPSA) is 41.5 Å². The first-order chi connectivity index (χ1) is 5.74. The van der Waals surface area contributed by atoms with Crippen LogP contribution in [0.4, 0.5) is 0 Å². The average Bonchev–Trinajstić information content (AvgIpc) is 2.03. The molecule has 0 atom stereocenters. The molecule has 0 heterocycles. The van der Waals surface area contributed by atoms with Crippen molar-refractivity contribution >= 4 is 87.7 Å². The van der Waals surface area contributed by atoms with Crippen molar-refractivity contribution in [1.82, 2.24) is 0 Å². The van der Waals surface area contributed by atoms with Crippen molar-refractivity contribution in [2.75, 3.05) is 0 Å². The molecular weight excluding hydrogens is 495 g/mol. The van der Waals surface area contributed by atoms with Crippen molar-refractivity contribution in [2.45, 2.75) is 9.79 Å². The van der Waals surface area contributed by atoms with Gasteiger partial charge in [-0.05, 0) is 6.07 Å². The van der Waals surface area contributed by atoms with Crippen LogP contribution in [0, 0.1) is 0 Å². The predicted octanol–water partition coefficient (Wildman–Crippen LogP) is -1.90. The summed E-state index contributed by atoms with van der Waals surface area (Å²) in [5.74, 6) is 0. The molecule has 1 radical (unpaired) electrons. The van der Waals surface area contributed by atoms with Gasteiger partial charge in [-0.25, -0.2) is 0 Å². The predicted molar refractivity (Wildman–Crippen MR) is 50.9 cm³/mol. The molecule has 0 aliphatic rings. The van der Waals surface area contributed by atoms with E-state index < -0.39 is 0 Å². The molecule has 0 aliphatic heterocycles. The fraction of sp³-hybridized carbons (Fsp3) is 0. The zero-order valence-electron chi connectivity index (χ0n) is 7.95. The van der Waals surface area contributed by atoms with Crippen LogP contribution >= 0.6 is 23.6 Å². The average molecular weight is 498 g/mol. The molecule has 15 heavy (non-hydrogen) atoms. The van der Waals surface area contributed by atoms with Crippen molar-refractivity contribution in [3.05, 3.63) is 23.2 Å². The maximum atomic E-state index is 9.47. The normalized spacial score (nSPS) is 8.13. The van der Waals surface area contributed by atoms with Gasteiger partial charge in [0, 0.05) is 51.4 Å². The van der Waals surface area contributed by atoms with Crippen LogP contribution in [-0.4, -0.2) is 51.4 Å². The first kappa shape index (κ1) is 24.0. The van der Waals surface area contributed by atoms with E-state index in [2.05, 4.69) is 9.37 Å². The van der Waals surface area contributed by atoms with Gasteiger partial charge in [-0.1, -0.05) is 23.7 Å². The molecule has 0 aromatic heterocycles. The molecule has 1 aromatic carbocycles. The molecule has 0 unspecified atom stereocenters. The Morgan fingerprint density at radius 2 is 2.00 bits per heavy atom. The fourth-order valence-electron chi connectivity index (χ4n) is 0.600. The van der Waals surface area contributed by atoms with Crippen molar-refractivity contribution in [1.29, 1.82) is 0 Å². The molecule has 0 saturated carbocycles. The minimum Gasteiger partial charge on any atom is -0.780 e. The molecular formula is C6H3AuClK2O3S2. The number of hydrogen-bond acceptors (Lipinski definition) is 5. The summed E-state index contributed by atoms with van der Waals surface area (Å²) in [5.41, 5.74) is 0. The number of rotatable bonds is 3. The van der Waals surface area contributed by atoms with Crippen LogP contribution in [0.5, 0.6) is 0 Å². The van der Waals surface area contributed by atoms with Crippen LogP contribution in [0.1, 0.15) is 0 Å². The zero-order valence-corrected chi connectivity index (χ0v) is 18.8. The molecule has 0 spiro atoms. The van der Waals surface area contributed by atoms with Gasteiger partial charge in [0.15, 0.2) is 0 Å². The molecule has 9 heteroatoms. The standard InChI is InChI=1S/C6H5ClO3S2.Au.2K/c7-5-3-4(11)1-2-6(5)12-10-9-8;;;/h1-3,8,11H;;;/q;+1;;+1/p-2. The Bertz CT molecular complexity index is 283. The van der Waals surface area contributed by atoms with Gasteiger partial charge >= 0.3 is 73.8 Å². The van der Waals surface area contributed by atoms with E-state index in [1.165, 1.54) is 0 Å². The summed E-state index contributed by atoms with van der Waals surface area (Å²) in [6.07, 6.45) is 0. The largest absolute Gasteiger partial charge is 1.00 e. The maximum Gasteiger partial charge on any atom is 1.00 e. The molecule has 0 N–H and O–H groups in total. The molecule has 0 fully saturated rings. The Kier molecular flexibility index (Phi) is 23.0. The van der Waals surface area contributed by atoms with Crippen LogP contribution < -0.4 is 56.6 Å². The molecule has 0 amide bonds. The summed E-state index contributed by atoms with van der Waals surface area (Å²) in [6.45, 7) is 0. The second kappa shape index (κ2) is 14.4. The molecule has 1 aromatic rings. The van der Waals surface area contributed by atoms with Crippen LogP contribution in [0.25, 0.3) is 0 Å². The maximum absolute atomic E-state index is 9.47. The first-order valence-electron chi connectivity index (χ1n) is 2.84. The smallest absolute Gasteiger partial charge is 0.780 e. The van der Waals surface area contributed by atoms with E-state index >= 15 is 0 Å². The van der Waals surface area contributed by atoms with Gasteiger partial charge in [0.1, 0.15) is 0 Å². The first-order valence-corrected chi connectivity index (χ1v) is 4.36. The fourth-order valence-corrected chi connectivity index (χ4v) is 1.49. The van der Waals surface area contributed by atoms with Crippen LogP contribution in [0.3, 0.4) is 0 Å². The van der Waals surface area contributed by atoms with E-state index in [9.17, 15) is 5.26 Å². The summed E-state index contributed by atoms with van der Waals surface area (Å²) in [5, 5.41) is 13.1. The molecule has 0 bridgehead atoms. The molecule has 3 nitrogen and oxygen atoms in total. The Hall–Kier alpha value is 3.97. The Labute approximate surface area is 204 Å². The summed E-state index contributed by atoms with van der Waals surface area (Å²) in [4.78, 5) is 1.22. The quantitative estimate of drug-likeness (QED) is 0.160. The summed E-state index contributed by atoms with van der Waals surface area (Å²) in [7, 11) is 0. The Morgan fingerprint density at radius 1 is 1.40 bits per heavy atom. The minimum atomic E-state index is 0. The molecule has 0 saturated heterocycles. The Balaban J connectivity index is -0.000000480. The van der Waals surface area contributed by atoms with Gasteiger partial charge in [-0.15, -0.1) is 0 Å². The van der Waals surface area contributed by atoms with E-state index in [0.717, 1.165) is 12.0 Å². The van der Waals surface area contributed by atoms with Gasteiger partial charge in [-0.3, -0.25) is 5.04 Å². The van der Waals surface area contributed by atoms with E-state index in [4.69, 9.17) is 24.2 Å². The number of benzene rings is 1. The third-order valence-corrected chi connectivity index (χ3v) is 2.39. The van der Waals surface area contributed by atoms with Gasteiger partial charge in [0.2, 0.25) is 0 Å². The number of hydrogen-bond donors (Lipinski definition) is 0. The SMILES string of the molecule is [Au+].[K+].[K].[O-]OOSc1ccc([S-])cc1Cl. The van der Waals surface area contributed by atoms with Gasteiger partial charge in [0.05, 0.1) is 22.0 Å². The molecule has 77 valence electrons. The monoisotopic (exact) mass is 497 g/mol. The third kappa shape index (κ3) is 10.4. The second-order valence-corrected chi connectivity index (χ2v) is 3.43. The van der Waals surface area contributed by atoms with Crippen LogP contribution in [-0.2, 0) is 44.4 Å². The van der Waals surface area contributed by atoms with Crippen LogP contribution in [0.2, 0.25) is 5.02 Å². The van der Waals surface area contributed by atoms with Gasteiger partial charge in [0.25, 0.3) is 0 Å². The van der Waals surface area contributed by atoms with E-state index in [1.54, 1.807) is 18.2 Å². The van der Waals surface area contributed by atoms with Crippen molar-refractivity contribution < 1.29 is 88.4 Å². The van der Waals surface area contributed by atoms with Gasteiger partial charge < -0.3 is 17.9 Å². The molecule has 0 aliphatic carbocycles. The summed E-state index contributed by atoms with van der Waals surface area (Å²) < 4.78 is 4.08. The van der Waals surface area contributed by atoms with E-state index in [0.29, 0.717) is 14.8 Å². The van der Waals surface area contributed by atoms with Crippen molar-refractivity contribution in [3.8, 4) is 0 Å². The third-order valence-electron chi connectivity index (χ3n) is 1.05. The van der Waals surface area contributed by atoms with E-state index in [1.807, 2.05) is 0 Å². The molecule has 1 rings (SSSR count). The summed E-state index contributed by atoms with van der Waals surface area (Å²) >= 11 is 11.3. The van der Waals surface area contributed by atoms with Gasteiger partial charge in [-0.2, -0.15) is 9.23 Å². The van der Waals surface area contributed by atoms with Crippen molar-refractivity contribution in [2.24, 2.45) is 0 Å². The summed E-state index contributed by atoms with van der Waals surface area (Å²) in [6, 6.07) is 4.92. The zero-order chi connectivity index (χ0) is 8.97. The van der Waals surface area contributed by atoms with Crippen molar-refractivity contribution in [3.63, 3.8) is 0 Å². The minimum absolute atomic E-state index is 0. The Morgan fingerprint density at radius 3 is 2.47 bits per heavy atom. The number of halogens is 1. The van der Waals surface area contributed by atoms with Crippen LogP contribution in [0.15, 0.2) is 28.0 Å². The second-order valence-electron chi connectivity index (χ2n) is 1.81.